The van der Waals surface area contributed by atoms with Gasteiger partial charge in [0.15, 0.2) is 0 Å². The molecule has 1 aromatic carbocycles. The molecule has 2 aromatic heterocycles. The zero-order chi connectivity index (χ0) is 21.8. The number of aromatic nitrogens is 5. The molecule has 0 radical (unpaired) electrons. The fraction of sp³-hybridized carbons (Fsp3) is 0.522. The van der Waals surface area contributed by atoms with E-state index >= 15 is 0 Å². The quantitative estimate of drug-likeness (QED) is 0.640. The lowest BCUT2D eigenvalue weighted by Crippen LogP contribution is -2.63. The summed E-state index contributed by atoms with van der Waals surface area (Å²) in [5.74, 6) is 2.12. The highest BCUT2D eigenvalue weighted by Crippen LogP contribution is 2.54. The topological polar surface area (TPSA) is 89.9 Å². The Morgan fingerprint density at radius 2 is 1.90 bits per heavy atom. The van der Waals surface area contributed by atoms with Gasteiger partial charge in [0, 0.05) is 41.5 Å². The maximum Gasteiger partial charge on any atom is 0.253 e. The zero-order valence-electron chi connectivity index (χ0n) is 18.5. The van der Waals surface area contributed by atoms with Crippen LogP contribution in [0.4, 0.5) is 0 Å². The Bertz CT molecular complexity index is 1090. The summed E-state index contributed by atoms with van der Waals surface area (Å²) in [6.45, 7) is 9.80. The first kappa shape index (κ1) is 19.9. The predicted octanol–water partition coefficient (Wildman–Crippen LogP) is 3.67. The van der Waals surface area contributed by atoms with Crippen LogP contribution in [0.5, 0.6) is 0 Å². The highest BCUT2D eigenvalue weighted by atomic mass is 16.5. The van der Waals surface area contributed by atoms with Gasteiger partial charge in [-0.25, -0.2) is 9.67 Å². The summed E-state index contributed by atoms with van der Waals surface area (Å²) >= 11 is 0. The Kier molecular flexibility index (Phi) is 4.50. The number of carbonyl (C=O) groups is 1. The number of carbonyl (C=O) groups excluding carboxylic acids is 1. The lowest BCUT2D eigenvalue weighted by Gasteiger charge is -2.58. The van der Waals surface area contributed by atoms with Crippen LogP contribution in [0.3, 0.4) is 0 Å². The first-order valence-electron chi connectivity index (χ1n) is 10.9. The number of amides is 1. The van der Waals surface area contributed by atoms with Crippen LogP contribution in [0.1, 0.15) is 68.7 Å². The van der Waals surface area contributed by atoms with E-state index in [0.29, 0.717) is 23.3 Å². The molecule has 162 valence electrons. The third kappa shape index (κ3) is 3.54. The molecule has 3 aromatic rings. The maximum absolute atomic E-state index is 12.9. The van der Waals surface area contributed by atoms with Crippen LogP contribution >= 0.6 is 0 Å². The van der Waals surface area contributed by atoms with Gasteiger partial charge < -0.3 is 9.42 Å². The molecule has 0 atom stereocenters. The summed E-state index contributed by atoms with van der Waals surface area (Å²) in [7, 11) is 0. The van der Waals surface area contributed by atoms with E-state index < -0.39 is 0 Å². The summed E-state index contributed by atoms with van der Waals surface area (Å²) in [6.07, 6.45) is 4.83. The molecule has 1 amide bonds. The normalized spacial score (nSPS) is 18.1. The van der Waals surface area contributed by atoms with E-state index in [1.54, 1.807) is 0 Å². The van der Waals surface area contributed by atoms with E-state index in [0.717, 1.165) is 43.7 Å². The fourth-order valence-corrected chi connectivity index (χ4v) is 4.53. The van der Waals surface area contributed by atoms with Crippen molar-refractivity contribution in [2.24, 2.45) is 5.41 Å². The van der Waals surface area contributed by atoms with Crippen molar-refractivity contribution in [3.8, 4) is 11.4 Å². The smallest absolute Gasteiger partial charge is 0.253 e. The molecular formula is C23H28N6O2. The van der Waals surface area contributed by atoms with Gasteiger partial charge in [-0.3, -0.25) is 4.79 Å². The Morgan fingerprint density at radius 3 is 2.48 bits per heavy atom. The van der Waals surface area contributed by atoms with Crippen LogP contribution in [0.15, 0.2) is 35.1 Å². The summed E-state index contributed by atoms with van der Waals surface area (Å²) in [5.41, 5.74) is 1.60. The van der Waals surface area contributed by atoms with Crippen LogP contribution < -0.4 is 0 Å². The van der Waals surface area contributed by atoms with Crippen LogP contribution in [0, 0.1) is 5.41 Å². The van der Waals surface area contributed by atoms with Crippen molar-refractivity contribution in [3.05, 3.63) is 47.9 Å². The Balaban J connectivity index is 1.18. The third-order valence-electron chi connectivity index (χ3n) is 6.38. The van der Waals surface area contributed by atoms with Crippen molar-refractivity contribution in [3.63, 3.8) is 0 Å². The van der Waals surface area contributed by atoms with Crippen LogP contribution in [0.25, 0.3) is 11.4 Å². The van der Waals surface area contributed by atoms with Gasteiger partial charge in [0.25, 0.3) is 5.91 Å². The van der Waals surface area contributed by atoms with Gasteiger partial charge in [-0.05, 0) is 25.0 Å². The van der Waals surface area contributed by atoms with E-state index in [-0.39, 0.29) is 16.7 Å². The van der Waals surface area contributed by atoms with E-state index in [1.807, 2.05) is 60.9 Å². The molecule has 8 nitrogen and oxygen atoms in total. The average Bonchev–Trinajstić information content (AvgIpc) is 3.35. The Morgan fingerprint density at radius 1 is 1.19 bits per heavy atom. The van der Waals surface area contributed by atoms with Gasteiger partial charge in [0.1, 0.15) is 12.2 Å². The molecule has 1 aliphatic carbocycles. The molecule has 0 bridgehead atoms. The lowest BCUT2D eigenvalue weighted by atomic mass is 9.60. The van der Waals surface area contributed by atoms with Crippen molar-refractivity contribution in [2.45, 2.75) is 58.4 Å². The molecule has 2 fully saturated rings. The monoisotopic (exact) mass is 420 g/mol. The average molecular weight is 421 g/mol. The van der Waals surface area contributed by atoms with Crippen molar-refractivity contribution in [1.29, 1.82) is 0 Å². The Hall–Kier alpha value is -3.03. The fourth-order valence-electron chi connectivity index (χ4n) is 4.53. The van der Waals surface area contributed by atoms with Gasteiger partial charge >= 0.3 is 0 Å². The van der Waals surface area contributed by atoms with Gasteiger partial charge in [0.05, 0.1) is 6.04 Å². The van der Waals surface area contributed by atoms with Crippen molar-refractivity contribution in [2.75, 3.05) is 13.1 Å². The van der Waals surface area contributed by atoms with Gasteiger partial charge in [-0.2, -0.15) is 10.1 Å². The molecule has 0 N–H and O–H groups in total. The van der Waals surface area contributed by atoms with Crippen molar-refractivity contribution < 1.29 is 9.32 Å². The molecule has 1 saturated heterocycles. The molecule has 1 saturated carbocycles. The number of hydrogen-bond acceptors (Lipinski definition) is 6. The number of benzene rings is 1. The minimum atomic E-state index is -0.193. The zero-order valence-corrected chi connectivity index (χ0v) is 18.5. The molecule has 0 unspecified atom stereocenters. The second kappa shape index (κ2) is 7.00. The van der Waals surface area contributed by atoms with E-state index in [1.165, 1.54) is 0 Å². The molecule has 2 aliphatic rings. The van der Waals surface area contributed by atoms with Crippen molar-refractivity contribution in [1.82, 2.24) is 29.8 Å². The number of hydrogen-bond donors (Lipinski definition) is 0. The molecule has 8 heteroatoms. The molecule has 5 rings (SSSR count). The second-order valence-electron chi connectivity index (χ2n) is 9.97. The van der Waals surface area contributed by atoms with Crippen LogP contribution in [0.2, 0.25) is 0 Å². The number of rotatable bonds is 4. The van der Waals surface area contributed by atoms with Gasteiger partial charge in [-0.15, -0.1) is 0 Å². The maximum atomic E-state index is 12.9. The summed E-state index contributed by atoms with van der Waals surface area (Å²) in [5, 5.41) is 8.61. The van der Waals surface area contributed by atoms with E-state index in [9.17, 15) is 4.79 Å². The largest absolute Gasteiger partial charge is 0.338 e. The van der Waals surface area contributed by atoms with Crippen molar-refractivity contribution >= 4 is 5.91 Å². The van der Waals surface area contributed by atoms with E-state index in [4.69, 9.17) is 4.52 Å². The predicted molar refractivity (Wildman–Crippen MR) is 114 cm³/mol. The summed E-state index contributed by atoms with van der Waals surface area (Å²) in [4.78, 5) is 23.6. The standard InChI is InChI=1S/C23H28N6O2/c1-5-18-24-14-29(26-18)17-10-23(11-17)12-28(13-23)20(30)16-8-6-15(7-9-16)19-25-21(31-27-19)22(2,3)4/h6-9,14,17H,5,10-13H2,1-4H3. The number of aryl methyl sites for hydroxylation is 1. The lowest BCUT2D eigenvalue weighted by molar-refractivity contribution is -0.0739. The third-order valence-corrected chi connectivity index (χ3v) is 6.38. The highest BCUT2D eigenvalue weighted by Gasteiger charge is 2.54. The molecule has 3 heterocycles. The number of nitrogens with zero attached hydrogens (tertiary/aromatic N) is 6. The molecule has 1 aliphatic heterocycles. The minimum Gasteiger partial charge on any atom is -0.338 e. The SMILES string of the molecule is CCc1ncn(C2CC3(C2)CN(C(=O)c2ccc(-c4noc(C(C)(C)C)n4)cc2)C3)n1. The molecule has 1 spiro atoms. The van der Waals surface area contributed by atoms with E-state index in [2.05, 4.69) is 27.1 Å². The molecule has 31 heavy (non-hydrogen) atoms. The highest BCUT2D eigenvalue weighted by molar-refractivity contribution is 5.95. The first-order valence-corrected chi connectivity index (χ1v) is 10.9. The van der Waals surface area contributed by atoms with Crippen LogP contribution in [-0.4, -0.2) is 48.8 Å². The Labute approximate surface area is 181 Å². The molecular weight excluding hydrogens is 392 g/mol. The first-order chi connectivity index (χ1) is 14.8. The van der Waals surface area contributed by atoms with Gasteiger partial charge in [-0.1, -0.05) is 45.0 Å². The number of likely N-dealkylation sites (tertiary alicyclic amines) is 1. The summed E-state index contributed by atoms with van der Waals surface area (Å²) < 4.78 is 7.37. The van der Waals surface area contributed by atoms with Crippen LogP contribution in [-0.2, 0) is 11.8 Å². The van der Waals surface area contributed by atoms with Gasteiger partial charge in [0.2, 0.25) is 11.7 Å². The second-order valence-corrected chi connectivity index (χ2v) is 9.97. The minimum absolute atomic E-state index is 0.0816. The summed E-state index contributed by atoms with van der Waals surface area (Å²) in [6, 6.07) is 7.88.